The van der Waals surface area contributed by atoms with E-state index >= 15 is 0 Å². The Morgan fingerprint density at radius 1 is 1.14 bits per heavy atom. The van der Waals surface area contributed by atoms with Crippen LogP contribution in [0.3, 0.4) is 0 Å². The first-order valence-electron chi connectivity index (χ1n) is 10.6. The van der Waals surface area contributed by atoms with Crippen molar-refractivity contribution in [2.75, 3.05) is 13.6 Å². The molecule has 1 aromatic rings. The Bertz CT molecular complexity index is 778. The monoisotopic (exact) mass is 400 g/mol. The topological polar surface area (TPSA) is 49.9 Å². The quantitative estimate of drug-likeness (QED) is 0.710. The summed E-state index contributed by atoms with van der Waals surface area (Å²) in [5, 5.41) is 0. The summed E-state index contributed by atoms with van der Waals surface area (Å²) in [6.45, 7) is 13.8. The highest BCUT2D eigenvalue weighted by molar-refractivity contribution is 5.94. The fourth-order valence-electron chi connectivity index (χ4n) is 5.29. The van der Waals surface area contributed by atoms with Gasteiger partial charge in [-0.05, 0) is 68.6 Å². The van der Waals surface area contributed by atoms with Gasteiger partial charge in [-0.25, -0.2) is 4.79 Å². The van der Waals surface area contributed by atoms with Crippen LogP contribution in [0.5, 0.6) is 0 Å². The first kappa shape index (κ1) is 21.7. The normalized spacial score (nSPS) is 25.6. The molecule has 2 amide bonds. The third-order valence-corrected chi connectivity index (χ3v) is 6.00. The Morgan fingerprint density at radius 3 is 2.34 bits per heavy atom. The zero-order chi connectivity index (χ0) is 21.6. The maximum atomic E-state index is 13.2. The predicted molar refractivity (Wildman–Crippen MR) is 115 cm³/mol. The first-order valence-corrected chi connectivity index (χ1v) is 10.6. The van der Waals surface area contributed by atoms with E-state index < -0.39 is 5.60 Å². The number of amides is 2. The third-order valence-electron chi connectivity index (χ3n) is 6.00. The minimum absolute atomic E-state index is 0.128. The molecular formula is C24H36N2O3. The first-order chi connectivity index (χ1) is 13.3. The number of carbonyl (C=O) groups excluding carboxylic acids is 2. The van der Waals surface area contributed by atoms with Crippen molar-refractivity contribution in [1.82, 2.24) is 9.80 Å². The van der Waals surface area contributed by atoms with Crippen LogP contribution >= 0.6 is 0 Å². The van der Waals surface area contributed by atoms with Gasteiger partial charge < -0.3 is 14.5 Å². The zero-order valence-electron chi connectivity index (χ0n) is 19.0. The van der Waals surface area contributed by atoms with Crippen LogP contribution in [0.25, 0.3) is 0 Å². The number of nitrogens with zero attached hydrogens (tertiary/aromatic N) is 2. The molecule has 1 heterocycles. The maximum Gasteiger partial charge on any atom is 0.410 e. The Labute approximate surface area is 175 Å². The molecule has 2 bridgehead atoms. The number of carbonyl (C=O) groups is 2. The van der Waals surface area contributed by atoms with Crippen LogP contribution < -0.4 is 0 Å². The van der Waals surface area contributed by atoms with Gasteiger partial charge in [-0.2, -0.15) is 0 Å². The minimum Gasteiger partial charge on any atom is -0.444 e. The van der Waals surface area contributed by atoms with Gasteiger partial charge >= 0.3 is 6.09 Å². The van der Waals surface area contributed by atoms with Crippen LogP contribution in [-0.4, -0.2) is 47.0 Å². The number of fused-ring (bicyclic) bond motifs is 2. The van der Waals surface area contributed by atoms with Crippen LogP contribution in [0.15, 0.2) is 24.3 Å². The number of benzene rings is 1. The molecule has 1 aromatic carbocycles. The van der Waals surface area contributed by atoms with Crippen molar-refractivity contribution in [2.24, 2.45) is 10.8 Å². The van der Waals surface area contributed by atoms with Crippen molar-refractivity contribution in [2.45, 2.75) is 79.0 Å². The van der Waals surface area contributed by atoms with Gasteiger partial charge in [0.2, 0.25) is 0 Å². The molecule has 29 heavy (non-hydrogen) atoms. The van der Waals surface area contributed by atoms with Crippen LogP contribution in [0.1, 0.15) is 76.7 Å². The summed E-state index contributed by atoms with van der Waals surface area (Å²) < 4.78 is 5.39. The SMILES string of the molecule is CN(Cc1ccc(C(=O)N2CC3(C)CC2CC(C)(C)C3)cc1)C(=O)OC(C)(C)C. The van der Waals surface area contributed by atoms with E-state index in [1.54, 1.807) is 11.9 Å². The van der Waals surface area contributed by atoms with Gasteiger partial charge in [0.25, 0.3) is 5.91 Å². The second kappa shape index (κ2) is 7.33. The summed E-state index contributed by atoms with van der Waals surface area (Å²) in [7, 11) is 1.72. The lowest BCUT2D eigenvalue weighted by atomic mass is 9.65. The van der Waals surface area contributed by atoms with Crippen LogP contribution in [0, 0.1) is 10.8 Å². The van der Waals surface area contributed by atoms with Gasteiger partial charge in [-0.15, -0.1) is 0 Å². The second-order valence-electron chi connectivity index (χ2n) is 11.2. The van der Waals surface area contributed by atoms with Crippen LogP contribution in [0.2, 0.25) is 0 Å². The van der Waals surface area contributed by atoms with Crippen molar-refractivity contribution < 1.29 is 14.3 Å². The molecule has 2 atom stereocenters. The zero-order valence-corrected chi connectivity index (χ0v) is 19.0. The van der Waals surface area contributed by atoms with E-state index in [-0.39, 0.29) is 17.4 Å². The van der Waals surface area contributed by atoms with Gasteiger partial charge in [-0.3, -0.25) is 4.79 Å². The lowest BCUT2D eigenvalue weighted by Crippen LogP contribution is -2.37. The molecule has 1 aliphatic heterocycles. The molecule has 0 spiro atoms. The molecule has 0 aromatic heterocycles. The van der Waals surface area contributed by atoms with Crippen molar-refractivity contribution in [1.29, 1.82) is 0 Å². The van der Waals surface area contributed by atoms with E-state index in [0.717, 1.165) is 30.5 Å². The molecule has 2 fully saturated rings. The Hall–Kier alpha value is -2.04. The average molecular weight is 401 g/mol. The van der Waals surface area contributed by atoms with Gasteiger partial charge in [-0.1, -0.05) is 32.9 Å². The molecule has 1 aliphatic carbocycles. The van der Waals surface area contributed by atoms with E-state index in [2.05, 4.69) is 25.7 Å². The molecule has 0 radical (unpaired) electrons. The highest BCUT2D eigenvalue weighted by Gasteiger charge is 2.51. The van der Waals surface area contributed by atoms with E-state index in [9.17, 15) is 9.59 Å². The molecular weight excluding hydrogens is 364 g/mol. The van der Waals surface area contributed by atoms with E-state index in [4.69, 9.17) is 4.74 Å². The second-order valence-corrected chi connectivity index (χ2v) is 11.2. The number of ether oxygens (including phenoxy) is 1. The summed E-state index contributed by atoms with van der Waals surface area (Å²) in [4.78, 5) is 29.0. The van der Waals surface area contributed by atoms with E-state index in [1.165, 1.54) is 6.42 Å². The molecule has 0 N–H and O–H groups in total. The smallest absolute Gasteiger partial charge is 0.410 e. The minimum atomic E-state index is -0.513. The molecule has 5 heteroatoms. The fraction of sp³-hybridized carbons (Fsp3) is 0.667. The number of hydrogen-bond donors (Lipinski definition) is 0. The molecule has 2 aliphatic rings. The van der Waals surface area contributed by atoms with Gasteiger partial charge in [0.15, 0.2) is 0 Å². The van der Waals surface area contributed by atoms with Gasteiger partial charge in [0.05, 0.1) is 0 Å². The van der Waals surface area contributed by atoms with Crippen molar-refractivity contribution >= 4 is 12.0 Å². The number of likely N-dealkylation sites (tertiary alicyclic amines) is 1. The van der Waals surface area contributed by atoms with Crippen LogP contribution in [-0.2, 0) is 11.3 Å². The Kier molecular flexibility index (Phi) is 5.48. The maximum absolute atomic E-state index is 13.2. The van der Waals surface area contributed by atoms with Crippen molar-refractivity contribution in [3.05, 3.63) is 35.4 Å². The summed E-state index contributed by atoms with van der Waals surface area (Å²) in [6, 6.07) is 7.98. The molecule has 160 valence electrons. The molecule has 5 nitrogen and oxygen atoms in total. The Balaban J connectivity index is 1.65. The fourth-order valence-corrected chi connectivity index (χ4v) is 5.29. The molecule has 1 saturated carbocycles. The van der Waals surface area contributed by atoms with Crippen LogP contribution in [0.4, 0.5) is 4.79 Å². The molecule has 1 saturated heterocycles. The van der Waals surface area contributed by atoms with Crippen molar-refractivity contribution in [3.8, 4) is 0 Å². The van der Waals surface area contributed by atoms with Crippen molar-refractivity contribution in [3.63, 3.8) is 0 Å². The lowest BCUT2D eigenvalue weighted by Gasteiger charge is -2.39. The molecule has 3 rings (SSSR count). The third kappa shape index (κ3) is 5.12. The summed E-state index contributed by atoms with van der Waals surface area (Å²) in [6.07, 6.45) is 3.02. The average Bonchev–Trinajstić information content (AvgIpc) is 2.82. The summed E-state index contributed by atoms with van der Waals surface area (Å²) >= 11 is 0. The number of hydrogen-bond acceptors (Lipinski definition) is 3. The largest absolute Gasteiger partial charge is 0.444 e. The molecule has 2 unspecified atom stereocenters. The summed E-state index contributed by atoms with van der Waals surface area (Å²) in [5.41, 5.74) is 1.72. The van der Waals surface area contributed by atoms with Gasteiger partial charge in [0.1, 0.15) is 5.60 Å². The Morgan fingerprint density at radius 2 is 1.76 bits per heavy atom. The highest BCUT2D eigenvalue weighted by atomic mass is 16.6. The highest BCUT2D eigenvalue weighted by Crippen LogP contribution is 2.52. The van der Waals surface area contributed by atoms with E-state index in [0.29, 0.717) is 18.0 Å². The van der Waals surface area contributed by atoms with Gasteiger partial charge in [0, 0.05) is 31.7 Å². The lowest BCUT2D eigenvalue weighted by molar-refractivity contribution is 0.0285. The number of rotatable bonds is 3. The summed E-state index contributed by atoms with van der Waals surface area (Å²) in [5.74, 6) is 0.128. The predicted octanol–water partition coefficient (Wildman–Crippen LogP) is 5.09. The van der Waals surface area contributed by atoms with E-state index in [1.807, 2.05) is 45.0 Å². The standard InChI is InChI=1S/C24H36N2O3/c1-22(2,3)29-21(28)25(7)14-17-8-10-18(11-9-17)20(27)26-16-24(6)13-19(26)12-23(4,5)15-24/h8-11,19H,12-16H2,1-7H3.